The van der Waals surface area contributed by atoms with Crippen molar-refractivity contribution >= 4 is 23.9 Å². The topological polar surface area (TPSA) is 151 Å². The maximum atomic E-state index is 15.2. The van der Waals surface area contributed by atoms with E-state index in [4.69, 9.17) is 0 Å². The lowest BCUT2D eigenvalue weighted by atomic mass is 10.3. The molecule has 0 aliphatic heterocycles. The van der Waals surface area contributed by atoms with E-state index in [1.807, 2.05) is 0 Å². The molecule has 0 saturated carbocycles. The van der Waals surface area contributed by atoms with E-state index >= 15 is 4.39 Å². The zero-order valence-electron chi connectivity index (χ0n) is 30.1. The molecule has 0 aromatic heterocycles. The quantitative estimate of drug-likeness (QED) is 0.0254. The summed E-state index contributed by atoms with van der Waals surface area (Å²) in [6.07, 6.45) is -22.3. The maximum absolute atomic E-state index is 15.2. The Balaban J connectivity index is 0. The Morgan fingerprint density at radius 3 is 1.05 bits per heavy atom. The smallest absolute Gasteiger partial charge is 0.452 e. The van der Waals surface area contributed by atoms with Crippen LogP contribution in [0.5, 0.6) is 0 Å². The molecule has 0 bridgehead atoms. The summed E-state index contributed by atoms with van der Waals surface area (Å²) in [4.78, 5) is 44.6. The molecule has 0 fully saturated rings. The number of rotatable bonds is 29. The fraction of sp³-hybridized carbons (Fsp3) is 0.600. The van der Waals surface area contributed by atoms with Gasteiger partial charge >= 0.3 is 72.0 Å². The Hall–Kier alpha value is -4.62. The summed E-state index contributed by atoms with van der Waals surface area (Å²) in [6.45, 7) is -5.53. The second-order valence-electron chi connectivity index (χ2n) is 10.7. The first kappa shape index (κ1) is 58.5. The molecular formula is C30H30F18O13. The molecule has 0 aliphatic rings. The highest BCUT2D eigenvalue weighted by Gasteiger charge is 2.65. The fourth-order valence-electron chi connectivity index (χ4n) is 2.68. The van der Waals surface area contributed by atoms with Crippen LogP contribution in [0, 0.1) is 0 Å². The van der Waals surface area contributed by atoms with Crippen molar-refractivity contribution in [3.05, 3.63) is 50.6 Å². The van der Waals surface area contributed by atoms with E-state index in [1.54, 1.807) is 4.94 Å². The van der Waals surface area contributed by atoms with Crippen LogP contribution in [0.3, 0.4) is 0 Å². The zero-order valence-corrected chi connectivity index (χ0v) is 30.1. The van der Waals surface area contributed by atoms with Crippen molar-refractivity contribution in [1.29, 1.82) is 0 Å². The van der Waals surface area contributed by atoms with Gasteiger partial charge in [0.15, 0.2) is 26.4 Å². The largest absolute Gasteiger partial charge is 0.456 e. The Morgan fingerprint density at radius 1 is 0.410 bits per heavy atom. The van der Waals surface area contributed by atoms with E-state index in [2.05, 4.69) is 64.2 Å². The van der Waals surface area contributed by atoms with Crippen LogP contribution in [0.1, 0.15) is 6.42 Å². The van der Waals surface area contributed by atoms with Gasteiger partial charge in [-0.25, -0.2) is 23.6 Å². The van der Waals surface area contributed by atoms with Crippen LogP contribution in [0.2, 0.25) is 0 Å². The Kier molecular flexibility index (Phi) is 22.6. The molecule has 1 atom stereocenters. The van der Waals surface area contributed by atoms with E-state index in [9.17, 15) is 94.0 Å². The number of hydrogen-bond donors (Lipinski definition) is 0. The maximum Gasteiger partial charge on any atom is 0.452 e. The summed E-state index contributed by atoms with van der Waals surface area (Å²) in [5.41, 5.74) is 0. The number of halogens is 18. The van der Waals surface area contributed by atoms with Crippen molar-refractivity contribution in [2.24, 2.45) is 0 Å². The molecular weight excluding hydrogens is 910 g/mol. The fourth-order valence-corrected chi connectivity index (χ4v) is 2.68. The second kappa shape index (κ2) is 23.6. The van der Waals surface area contributed by atoms with Gasteiger partial charge in [-0.1, -0.05) is 26.3 Å². The van der Waals surface area contributed by atoms with Crippen molar-refractivity contribution in [1.82, 2.24) is 0 Å². The van der Waals surface area contributed by atoms with Crippen LogP contribution in [-0.4, -0.2) is 131 Å². The van der Waals surface area contributed by atoms with Gasteiger partial charge in [-0.2, -0.15) is 70.2 Å². The number of ether oxygens (including phenoxy) is 8. The molecule has 61 heavy (non-hydrogen) atoms. The first-order valence-electron chi connectivity index (χ1n) is 15.2. The molecule has 1 unspecified atom stereocenters. The van der Waals surface area contributed by atoms with Crippen molar-refractivity contribution in [3.63, 3.8) is 0 Å². The number of alkyl halides is 17. The van der Waals surface area contributed by atoms with Crippen molar-refractivity contribution < 1.29 is 141 Å². The van der Waals surface area contributed by atoms with E-state index in [0.717, 1.165) is 0 Å². The van der Waals surface area contributed by atoms with Crippen molar-refractivity contribution in [3.8, 4) is 0 Å². The van der Waals surface area contributed by atoms with Crippen LogP contribution in [0.4, 0.5) is 79.2 Å². The molecule has 354 valence electrons. The first-order chi connectivity index (χ1) is 27.5. The summed E-state index contributed by atoms with van der Waals surface area (Å²) in [7, 11) is 0. The predicted octanol–water partition coefficient (Wildman–Crippen LogP) is 6.83. The minimum Gasteiger partial charge on any atom is -0.456 e. The third kappa shape index (κ3) is 19.3. The minimum absolute atomic E-state index is 0.239. The lowest BCUT2D eigenvalue weighted by Crippen LogP contribution is -2.55. The lowest BCUT2D eigenvalue weighted by Gasteiger charge is -2.34. The van der Waals surface area contributed by atoms with Gasteiger partial charge in [-0.15, -0.1) is 4.94 Å². The normalized spacial score (nSPS) is 14.0. The third-order valence-corrected chi connectivity index (χ3v) is 5.86. The SMILES string of the molecule is C=CC(=O)OCC(F)(F)C(F)(F)OCCCOCC(F)(COC(F)(F)C(F)(F)COC(=O)C=C)OC(F)(F)C(F)(F)COC(=O)C=C.C=CC(=O)OCC(F)(F)C(F)(F)OF. The molecule has 0 N–H and O–H groups in total. The van der Waals surface area contributed by atoms with Crippen LogP contribution < -0.4 is 0 Å². The van der Waals surface area contributed by atoms with Gasteiger partial charge in [0, 0.05) is 30.9 Å². The number of carbonyl (C=O) groups excluding carboxylic acids is 4. The molecule has 13 nitrogen and oxygen atoms in total. The second-order valence-corrected chi connectivity index (χ2v) is 10.7. The van der Waals surface area contributed by atoms with Crippen LogP contribution in [-0.2, 0) is 62.0 Å². The molecule has 0 saturated heterocycles. The van der Waals surface area contributed by atoms with Crippen molar-refractivity contribution in [2.75, 3.05) is 52.9 Å². The molecule has 0 aromatic rings. The van der Waals surface area contributed by atoms with Gasteiger partial charge in [-0.3, -0.25) is 4.74 Å². The number of carbonyl (C=O) groups is 4. The molecule has 0 radical (unpaired) electrons. The van der Waals surface area contributed by atoms with E-state index < -0.39 is 137 Å². The zero-order chi connectivity index (χ0) is 48.4. The molecule has 0 amide bonds. The van der Waals surface area contributed by atoms with Crippen molar-refractivity contribution in [2.45, 2.75) is 60.4 Å². The van der Waals surface area contributed by atoms with Crippen LogP contribution >= 0.6 is 0 Å². The summed E-state index contributed by atoms with van der Waals surface area (Å²) >= 11 is 0. The number of hydrogen-bond acceptors (Lipinski definition) is 13. The summed E-state index contributed by atoms with van der Waals surface area (Å²) < 4.78 is 270. The van der Waals surface area contributed by atoms with Gasteiger partial charge in [0.25, 0.3) is 5.85 Å². The minimum atomic E-state index is -6.11. The van der Waals surface area contributed by atoms with Gasteiger partial charge in [0.05, 0.1) is 6.61 Å². The Morgan fingerprint density at radius 2 is 0.721 bits per heavy atom. The lowest BCUT2D eigenvalue weighted by molar-refractivity contribution is -0.432. The average molecular weight is 941 g/mol. The van der Waals surface area contributed by atoms with Gasteiger partial charge in [0.2, 0.25) is 0 Å². The Bertz CT molecular complexity index is 1490. The molecule has 0 spiro atoms. The summed E-state index contributed by atoms with van der Waals surface area (Å²) in [5, 5.41) is 0. The first-order valence-corrected chi connectivity index (χ1v) is 15.2. The summed E-state index contributed by atoms with van der Waals surface area (Å²) in [5.74, 6) is -32.2. The standard InChI is InChI=1S/C24H25F13O10.C6H5F5O3/c1-4-15(38)42-12-19(26,27)22(32,33)45-9-7-8-41-10-18(25,47-24(36,37)21(30,31)14-44-17(40)6-3)11-46-23(34,35)20(28,29)13-43-16(39)5-2;1-2-4(12)13-3-5(7,8)6(9,10)14-11/h4-6H,1-3,7-14H2;2H,1,3H2. The van der Waals surface area contributed by atoms with E-state index in [0.29, 0.717) is 12.2 Å². The van der Waals surface area contributed by atoms with Gasteiger partial charge < -0.3 is 33.2 Å². The molecule has 0 aliphatic carbocycles. The average Bonchev–Trinajstić information content (AvgIpc) is 3.17. The summed E-state index contributed by atoms with van der Waals surface area (Å²) in [6, 6.07) is 0. The Labute approximate surface area is 329 Å². The van der Waals surface area contributed by atoms with Crippen LogP contribution in [0.25, 0.3) is 0 Å². The highest BCUT2D eigenvalue weighted by Crippen LogP contribution is 2.42. The molecule has 0 heterocycles. The predicted molar refractivity (Wildman–Crippen MR) is 159 cm³/mol. The van der Waals surface area contributed by atoms with Crippen LogP contribution in [0.15, 0.2) is 50.6 Å². The van der Waals surface area contributed by atoms with Gasteiger partial charge in [-0.05, 0) is 10.9 Å². The highest BCUT2D eigenvalue weighted by molar-refractivity contribution is 5.82. The third-order valence-electron chi connectivity index (χ3n) is 5.86. The molecule has 0 aromatic carbocycles. The number of esters is 4. The van der Waals surface area contributed by atoms with Gasteiger partial charge in [0.1, 0.15) is 13.2 Å². The monoisotopic (exact) mass is 940 g/mol. The van der Waals surface area contributed by atoms with E-state index in [-0.39, 0.29) is 12.2 Å². The van der Waals surface area contributed by atoms with E-state index in [1.165, 1.54) is 0 Å². The highest BCUT2D eigenvalue weighted by atomic mass is 19.4. The molecule has 0 rings (SSSR count). The molecule has 31 heteroatoms.